The molecule has 0 aliphatic carbocycles. The van der Waals surface area contributed by atoms with Crippen molar-refractivity contribution in [3.63, 3.8) is 0 Å². The van der Waals surface area contributed by atoms with Gasteiger partial charge in [0, 0.05) is 19.3 Å². The third-order valence-corrected chi connectivity index (χ3v) is 12.7. The average Bonchev–Trinajstić information content (AvgIpc) is 3.32. The molecule has 0 spiro atoms. The fourth-order valence-electron chi connectivity index (χ4n) is 7.53. The van der Waals surface area contributed by atoms with Crippen molar-refractivity contribution in [2.75, 3.05) is 26.4 Å². The second-order valence-corrected chi connectivity index (χ2v) is 19.8. The molecule has 11 nitrogen and oxygen atoms in total. The molecule has 12 heteroatoms. The predicted molar refractivity (Wildman–Crippen MR) is 279 cm³/mol. The van der Waals surface area contributed by atoms with E-state index in [1.54, 1.807) is 0 Å². The Kier molecular flexibility index (Phi) is 48.9. The van der Waals surface area contributed by atoms with Crippen molar-refractivity contribution >= 4 is 25.7 Å². The lowest BCUT2D eigenvalue weighted by Gasteiger charge is -2.21. The van der Waals surface area contributed by atoms with Gasteiger partial charge in [-0.05, 0) is 70.6 Å². The highest BCUT2D eigenvalue weighted by molar-refractivity contribution is 7.47. The Labute approximate surface area is 415 Å². The molecular weight excluding hydrogens is 880 g/mol. The monoisotopic (exact) mass is 981 g/mol. The van der Waals surface area contributed by atoms with Crippen LogP contribution in [0.15, 0.2) is 48.6 Å². The number of hydrogen-bond acceptors (Lipinski definition) is 10. The Morgan fingerprint density at radius 3 is 1.24 bits per heavy atom. The fourth-order valence-corrected chi connectivity index (χ4v) is 8.31. The standard InChI is InChI=1S/C56H101O11P/c1-4-7-10-13-16-19-22-24-26-28-31-34-37-40-43-46-55(59)66-52(48-57)50-64-68(61,62)65-51-53(49-63-54(58)45-42-39-36-33-30-21-18-15-12-9-6-3)67-56(60)47-44-41-38-35-32-29-27-25-23-20-17-14-11-8-5-2/h8,11,15,17-18,20,25,27,52-53,57H,4-7,9-10,12-14,16,19,21-24,26,28-51H2,1-3H3,(H,61,62)/b11-8-,18-15-,20-17-,27-25-. The van der Waals surface area contributed by atoms with E-state index < -0.39 is 57.8 Å². The van der Waals surface area contributed by atoms with Gasteiger partial charge in [0.05, 0.1) is 19.8 Å². The molecule has 0 saturated carbocycles. The summed E-state index contributed by atoms with van der Waals surface area (Å²) in [5.74, 6) is -1.49. The molecule has 396 valence electrons. The molecule has 0 aromatic heterocycles. The van der Waals surface area contributed by atoms with Crippen LogP contribution in [-0.2, 0) is 42.2 Å². The van der Waals surface area contributed by atoms with Gasteiger partial charge < -0.3 is 24.2 Å². The summed E-state index contributed by atoms with van der Waals surface area (Å²) in [6, 6.07) is 0. The maximum atomic E-state index is 12.9. The molecule has 2 N–H and O–H groups in total. The van der Waals surface area contributed by atoms with Crippen molar-refractivity contribution in [3.8, 4) is 0 Å². The normalized spacial score (nSPS) is 13.8. The molecule has 0 saturated heterocycles. The molecule has 0 bridgehead atoms. The van der Waals surface area contributed by atoms with Crippen LogP contribution in [0.25, 0.3) is 0 Å². The number of rotatable bonds is 51. The lowest BCUT2D eigenvalue weighted by atomic mass is 10.0. The van der Waals surface area contributed by atoms with Gasteiger partial charge >= 0.3 is 25.7 Å². The second kappa shape index (κ2) is 50.8. The number of esters is 3. The molecule has 0 fully saturated rings. The van der Waals surface area contributed by atoms with Crippen LogP contribution in [0.1, 0.15) is 252 Å². The van der Waals surface area contributed by atoms with E-state index >= 15 is 0 Å². The molecule has 0 aromatic carbocycles. The summed E-state index contributed by atoms with van der Waals surface area (Å²) in [6.07, 6.45) is 52.2. The van der Waals surface area contributed by atoms with Crippen LogP contribution < -0.4 is 0 Å². The topological polar surface area (TPSA) is 155 Å². The highest BCUT2D eigenvalue weighted by Gasteiger charge is 2.28. The van der Waals surface area contributed by atoms with Crippen LogP contribution in [0.2, 0.25) is 0 Å². The summed E-state index contributed by atoms with van der Waals surface area (Å²) in [6.45, 7) is 4.48. The highest BCUT2D eigenvalue weighted by Crippen LogP contribution is 2.43. The van der Waals surface area contributed by atoms with E-state index in [0.29, 0.717) is 19.3 Å². The third kappa shape index (κ3) is 48.5. The van der Waals surface area contributed by atoms with Crippen LogP contribution in [0.5, 0.6) is 0 Å². The first kappa shape index (κ1) is 65.4. The maximum Gasteiger partial charge on any atom is 0.472 e. The van der Waals surface area contributed by atoms with Crippen molar-refractivity contribution in [2.24, 2.45) is 0 Å². The SMILES string of the molecule is CC/C=C\C/C=C\C/C=C\CCCCCCCC(=O)OC(COC(=O)CCCCCCC/C=C\CCCC)COP(=O)(O)OCC(CO)OC(=O)CCCCCCCCCCCCCCCCC. The van der Waals surface area contributed by atoms with Crippen LogP contribution in [0.3, 0.4) is 0 Å². The first-order valence-corrected chi connectivity index (χ1v) is 29.0. The van der Waals surface area contributed by atoms with Gasteiger partial charge in [0.1, 0.15) is 12.7 Å². The minimum Gasteiger partial charge on any atom is -0.462 e. The number of aliphatic hydroxyl groups is 1. The molecule has 0 amide bonds. The number of hydrogen-bond donors (Lipinski definition) is 2. The zero-order valence-corrected chi connectivity index (χ0v) is 44.5. The zero-order chi connectivity index (χ0) is 49.9. The summed E-state index contributed by atoms with van der Waals surface area (Å²) in [5, 5.41) is 9.79. The molecule has 0 rings (SSSR count). The molecule has 3 unspecified atom stereocenters. The van der Waals surface area contributed by atoms with E-state index in [4.69, 9.17) is 23.3 Å². The largest absolute Gasteiger partial charge is 0.472 e. The summed E-state index contributed by atoms with van der Waals surface area (Å²) >= 11 is 0. The van der Waals surface area contributed by atoms with E-state index in [0.717, 1.165) is 109 Å². The Bertz CT molecular complexity index is 1330. The predicted octanol–water partition coefficient (Wildman–Crippen LogP) is 15.8. The number of carbonyl (C=O) groups excluding carboxylic acids is 3. The van der Waals surface area contributed by atoms with Crippen LogP contribution in [-0.4, -0.2) is 66.5 Å². The number of carbonyl (C=O) groups is 3. The Hall–Kier alpha value is -2.56. The van der Waals surface area contributed by atoms with E-state index in [1.807, 2.05) is 0 Å². The second-order valence-electron chi connectivity index (χ2n) is 18.4. The summed E-state index contributed by atoms with van der Waals surface area (Å²) < 4.78 is 39.4. The molecule has 0 heterocycles. The third-order valence-electron chi connectivity index (χ3n) is 11.7. The number of phosphoric ester groups is 1. The molecule has 0 aliphatic heterocycles. The zero-order valence-electron chi connectivity index (χ0n) is 43.6. The van der Waals surface area contributed by atoms with Crippen molar-refractivity contribution < 1.29 is 52.2 Å². The van der Waals surface area contributed by atoms with Gasteiger partial charge in [-0.15, -0.1) is 0 Å². The molecule has 0 aromatic rings. The molecular formula is C56H101O11P. The molecule has 68 heavy (non-hydrogen) atoms. The van der Waals surface area contributed by atoms with Crippen LogP contribution >= 0.6 is 7.82 Å². The van der Waals surface area contributed by atoms with Gasteiger partial charge in [-0.1, -0.05) is 211 Å². The number of phosphoric acid groups is 1. The maximum absolute atomic E-state index is 12.9. The Balaban J connectivity index is 4.70. The summed E-state index contributed by atoms with van der Waals surface area (Å²) in [5.41, 5.74) is 0. The van der Waals surface area contributed by atoms with E-state index in [2.05, 4.69) is 69.4 Å². The summed E-state index contributed by atoms with van der Waals surface area (Å²) in [7, 11) is -4.74. The van der Waals surface area contributed by atoms with Gasteiger partial charge in [-0.25, -0.2) is 4.57 Å². The number of ether oxygens (including phenoxy) is 3. The quantitative estimate of drug-likeness (QED) is 0.0197. The first-order chi connectivity index (χ1) is 33.2. The summed E-state index contributed by atoms with van der Waals surface area (Å²) in [4.78, 5) is 48.4. The molecule has 0 aliphatic rings. The van der Waals surface area contributed by atoms with Gasteiger partial charge in [0.15, 0.2) is 6.10 Å². The van der Waals surface area contributed by atoms with Crippen molar-refractivity contribution in [2.45, 2.75) is 264 Å². The van der Waals surface area contributed by atoms with E-state index in [9.17, 15) is 28.9 Å². The molecule has 3 atom stereocenters. The van der Waals surface area contributed by atoms with Crippen LogP contribution in [0, 0.1) is 0 Å². The van der Waals surface area contributed by atoms with Gasteiger partial charge in [-0.2, -0.15) is 0 Å². The van der Waals surface area contributed by atoms with Gasteiger partial charge in [0.25, 0.3) is 0 Å². The van der Waals surface area contributed by atoms with E-state index in [1.165, 1.54) is 83.5 Å². The average molecular weight is 981 g/mol. The highest BCUT2D eigenvalue weighted by atomic mass is 31.2. The minimum atomic E-state index is -4.74. The number of aliphatic hydroxyl groups excluding tert-OH is 1. The Morgan fingerprint density at radius 1 is 0.426 bits per heavy atom. The molecule has 0 radical (unpaired) electrons. The fraction of sp³-hybridized carbons (Fsp3) is 0.804. The van der Waals surface area contributed by atoms with Crippen molar-refractivity contribution in [3.05, 3.63) is 48.6 Å². The number of unbranched alkanes of at least 4 members (excludes halogenated alkanes) is 26. The van der Waals surface area contributed by atoms with Gasteiger partial charge in [0.2, 0.25) is 0 Å². The minimum absolute atomic E-state index is 0.148. The van der Waals surface area contributed by atoms with Crippen molar-refractivity contribution in [1.82, 2.24) is 0 Å². The lowest BCUT2D eigenvalue weighted by molar-refractivity contribution is -0.161. The smallest absolute Gasteiger partial charge is 0.462 e. The van der Waals surface area contributed by atoms with Crippen LogP contribution in [0.4, 0.5) is 0 Å². The van der Waals surface area contributed by atoms with E-state index in [-0.39, 0.29) is 25.9 Å². The number of allylic oxidation sites excluding steroid dienone is 8. The first-order valence-electron chi connectivity index (χ1n) is 27.5. The Morgan fingerprint density at radius 2 is 0.779 bits per heavy atom. The lowest BCUT2D eigenvalue weighted by Crippen LogP contribution is -2.30. The van der Waals surface area contributed by atoms with Gasteiger partial charge in [-0.3, -0.25) is 23.4 Å². The van der Waals surface area contributed by atoms with Crippen molar-refractivity contribution in [1.29, 1.82) is 0 Å².